The molecule has 0 radical (unpaired) electrons. The maximum absolute atomic E-state index is 11.8. The Balaban J connectivity index is 1.80. The molecule has 1 atom stereocenters. The van der Waals surface area contributed by atoms with Crippen molar-refractivity contribution in [3.63, 3.8) is 0 Å². The SMILES string of the molecule is CCCCOC(=O)C(N)Cc1ccc(OCc2ccccc2)cc1. The average Bonchev–Trinajstić information content (AvgIpc) is 2.62. The van der Waals surface area contributed by atoms with Crippen LogP contribution in [0.4, 0.5) is 0 Å². The lowest BCUT2D eigenvalue weighted by atomic mass is 10.1. The van der Waals surface area contributed by atoms with Crippen molar-refractivity contribution in [1.82, 2.24) is 0 Å². The van der Waals surface area contributed by atoms with Crippen molar-refractivity contribution in [3.05, 3.63) is 65.7 Å². The Hall–Kier alpha value is -2.33. The van der Waals surface area contributed by atoms with Crippen LogP contribution < -0.4 is 10.5 Å². The van der Waals surface area contributed by atoms with Gasteiger partial charge in [0.05, 0.1) is 6.61 Å². The molecule has 2 rings (SSSR count). The predicted octanol–water partition coefficient (Wildman–Crippen LogP) is 3.48. The number of hydrogen-bond acceptors (Lipinski definition) is 4. The van der Waals surface area contributed by atoms with E-state index < -0.39 is 6.04 Å². The number of carbonyl (C=O) groups is 1. The first-order chi connectivity index (χ1) is 11.7. The molecule has 0 fully saturated rings. The van der Waals surface area contributed by atoms with Gasteiger partial charge in [0, 0.05) is 0 Å². The molecule has 4 heteroatoms. The van der Waals surface area contributed by atoms with Gasteiger partial charge in [-0.2, -0.15) is 0 Å². The second-order valence-electron chi connectivity index (χ2n) is 5.75. The number of nitrogens with two attached hydrogens (primary N) is 1. The van der Waals surface area contributed by atoms with E-state index in [2.05, 4.69) is 6.92 Å². The van der Waals surface area contributed by atoms with Gasteiger partial charge in [0.15, 0.2) is 0 Å². The van der Waals surface area contributed by atoms with E-state index in [0.29, 0.717) is 19.6 Å². The van der Waals surface area contributed by atoms with Crippen LogP contribution >= 0.6 is 0 Å². The molecule has 0 aliphatic carbocycles. The van der Waals surface area contributed by atoms with Crippen LogP contribution in [0, 0.1) is 0 Å². The lowest BCUT2D eigenvalue weighted by Crippen LogP contribution is -2.34. The van der Waals surface area contributed by atoms with Crippen LogP contribution in [0.5, 0.6) is 5.75 Å². The van der Waals surface area contributed by atoms with Crippen molar-refractivity contribution < 1.29 is 14.3 Å². The number of benzene rings is 2. The van der Waals surface area contributed by atoms with E-state index in [-0.39, 0.29) is 5.97 Å². The fraction of sp³-hybridized carbons (Fsp3) is 0.350. The highest BCUT2D eigenvalue weighted by Crippen LogP contribution is 2.15. The third kappa shape index (κ3) is 6.05. The highest BCUT2D eigenvalue weighted by atomic mass is 16.5. The number of hydrogen-bond donors (Lipinski definition) is 1. The zero-order valence-corrected chi connectivity index (χ0v) is 14.1. The van der Waals surface area contributed by atoms with Crippen molar-refractivity contribution in [2.24, 2.45) is 5.73 Å². The Kier molecular flexibility index (Phi) is 7.30. The van der Waals surface area contributed by atoms with E-state index in [1.54, 1.807) is 0 Å². The van der Waals surface area contributed by atoms with E-state index in [9.17, 15) is 4.79 Å². The van der Waals surface area contributed by atoms with Gasteiger partial charge in [0.2, 0.25) is 0 Å². The first-order valence-electron chi connectivity index (χ1n) is 8.37. The Morgan fingerprint density at radius 3 is 2.42 bits per heavy atom. The van der Waals surface area contributed by atoms with Gasteiger partial charge < -0.3 is 15.2 Å². The van der Waals surface area contributed by atoms with Crippen molar-refractivity contribution in [1.29, 1.82) is 0 Å². The van der Waals surface area contributed by atoms with Gasteiger partial charge in [-0.1, -0.05) is 55.8 Å². The minimum Gasteiger partial charge on any atom is -0.489 e. The van der Waals surface area contributed by atoms with Gasteiger partial charge in [-0.3, -0.25) is 4.79 Å². The Labute approximate surface area is 143 Å². The molecular formula is C20H25NO3. The maximum atomic E-state index is 11.8. The van der Waals surface area contributed by atoms with Crippen LogP contribution in [0.2, 0.25) is 0 Å². The summed E-state index contributed by atoms with van der Waals surface area (Å²) in [5.41, 5.74) is 8.01. The summed E-state index contributed by atoms with van der Waals surface area (Å²) in [5.74, 6) is 0.453. The van der Waals surface area contributed by atoms with E-state index in [1.807, 2.05) is 54.6 Å². The smallest absolute Gasteiger partial charge is 0.323 e. The summed E-state index contributed by atoms with van der Waals surface area (Å²) in [6, 6.07) is 17.0. The molecule has 0 aromatic heterocycles. The summed E-state index contributed by atoms with van der Waals surface area (Å²) in [6.07, 6.45) is 2.32. The minimum atomic E-state index is -0.627. The highest BCUT2D eigenvalue weighted by molar-refractivity contribution is 5.75. The minimum absolute atomic E-state index is 0.340. The molecule has 24 heavy (non-hydrogen) atoms. The summed E-state index contributed by atoms with van der Waals surface area (Å²) in [5, 5.41) is 0. The standard InChI is InChI=1S/C20H25NO3/c1-2-3-13-23-20(22)19(21)14-16-9-11-18(12-10-16)24-15-17-7-5-4-6-8-17/h4-12,19H,2-3,13-15,21H2,1H3. The molecule has 0 heterocycles. The lowest BCUT2D eigenvalue weighted by molar-refractivity contribution is -0.145. The third-order valence-electron chi connectivity index (χ3n) is 3.67. The first-order valence-corrected chi connectivity index (χ1v) is 8.37. The number of carbonyl (C=O) groups excluding carboxylic acids is 1. The van der Waals surface area contributed by atoms with Crippen molar-refractivity contribution in [2.45, 2.75) is 38.8 Å². The first kappa shape index (κ1) is 18.0. The topological polar surface area (TPSA) is 61.5 Å². The van der Waals surface area contributed by atoms with E-state index in [4.69, 9.17) is 15.2 Å². The molecule has 2 aromatic carbocycles. The largest absolute Gasteiger partial charge is 0.489 e. The fourth-order valence-corrected chi connectivity index (χ4v) is 2.22. The quantitative estimate of drug-likeness (QED) is 0.566. The van der Waals surface area contributed by atoms with Crippen LogP contribution in [0.15, 0.2) is 54.6 Å². The summed E-state index contributed by atoms with van der Waals surface area (Å²) in [7, 11) is 0. The fourth-order valence-electron chi connectivity index (χ4n) is 2.22. The molecule has 1 unspecified atom stereocenters. The Bertz CT molecular complexity index is 611. The molecule has 0 saturated carbocycles. The monoisotopic (exact) mass is 327 g/mol. The second-order valence-corrected chi connectivity index (χ2v) is 5.75. The molecule has 0 amide bonds. The van der Waals surface area contributed by atoms with Crippen LogP contribution in [0.1, 0.15) is 30.9 Å². The highest BCUT2D eigenvalue weighted by Gasteiger charge is 2.15. The molecule has 0 spiro atoms. The van der Waals surface area contributed by atoms with E-state index in [0.717, 1.165) is 29.7 Å². The lowest BCUT2D eigenvalue weighted by Gasteiger charge is -2.12. The predicted molar refractivity (Wildman–Crippen MR) is 94.8 cm³/mol. The molecule has 0 aliphatic heterocycles. The number of ether oxygens (including phenoxy) is 2. The van der Waals surface area contributed by atoms with E-state index >= 15 is 0 Å². The molecule has 0 aliphatic rings. The average molecular weight is 327 g/mol. The van der Waals surface area contributed by atoms with Gasteiger partial charge in [-0.15, -0.1) is 0 Å². The van der Waals surface area contributed by atoms with Gasteiger partial charge in [-0.25, -0.2) is 0 Å². The van der Waals surface area contributed by atoms with Crippen LogP contribution in [-0.4, -0.2) is 18.6 Å². The summed E-state index contributed by atoms with van der Waals surface area (Å²) in [6.45, 7) is 3.02. The summed E-state index contributed by atoms with van der Waals surface area (Å²) < 4.78 is 10.9. The molecule has 0 bridgehead atoms. The molecule has 0 saturated heterocycles. The summed E-state index contributed by atoms with van der Waals surface area (Å²) in [4.78, 5) is 11.8. The van der Waals surface area contributed by atoms with Crippen LogP contribution in [0.25, 0.3) is 0 Å². The van der Waals surface area contributed by atoms with Gasteiger partial charge >= 0.3 is 5.97 Å². The van der Waals surface area contributed by atoms with Gasteiger partial charge in [0.25, 0.3) is 0 Å². The number of rotatable bonds is 9. The molecule has 2 aromatic rings. The molecule has 2 N–H and O–H groups in total. The van der Waals surface area contributed by atoms with Crippen molar-refractivity contribution >= 4 is 5.97 Å². The third-order valence-corrected chi connectivity index (χ3v) is 3.67. The molecule has 4 nitrogen and oxygen atoms in total. The van der Waals surface area contributed by atoms with Crippen molar-refractivity contribution in [3.8, 4) is 5.75 Å². The van der Waals surface area contributed by atoms with E-state index in [1.165, 1.54) is 0 Å². The van der Waals surface area contributed by atoms with Crippen LogP contribution in [-0.2, 0) is 22.6 Å². The Morgan fingerprint density at radius 1 is 1.04 bits per heavy atom. The van der Waals surface area contributed by atoms with Crippen molar-refractivity contribution in [2.75, 3.05) is 6.61 Å². The zero-order valence-electron chi connectivity index (χ0n) is 14.1. The molecular weight excluding hydrogens is 302 g/mol. The Morgan fingerprint density at radius 2 is 1.75 bits per heavy atom. The number of esters is 1. The van der Waals surface area contributed by atoms with Crippen LogP contribution in [0.3, 0.4) is 0 Å². The zero-order chi connectivity index (χ0) is 17.2. The van der Waals surface area contributed by atoms with Gasteiger partial charge in [-0.05, 0) is 36.1 Å². The number of unbranched alkanes of at least 4 members (excludes halogenated alkanes) is 1. The van der Waals surface area contributed by atoms with Gasteiger partial charge in [0.1, 0.15) is 18.4 Å². The molecule has 128 valence electrons. The normalized spacial score (nSPS) is 11.8. The summed E-state index contributed by atoms with van der Waals surface area (Å²) >= 11 is 0. The maximum Gasteiger partial charge on any atom is 0.323 e. The second kappa shape index (κ2) is 9.73.